The van der Waals surface area contributed by atoms with Crippen LogP contribution in [0.3, 0.4) is 0 Å². The van der Waals surface area contributed by atoms with Crippen molar-refractivity contribution < 1.29 is 14.3 Å². The van der Waals surface area contributed by atoms with E-state index in [1.165, 1.54) is 0 Å². The fourth-order valence-corrected chi connectivity index (χ4v) is 1.02. The van der Waals surface area contributed by atoms with Crippen LogP contribution in [0.2, 0.25) is 0 Å². The van der Waals surface area contributed by atoms with E-state index in [0.717, 1.165) is 6.29 Å². The number of hydrogen-bond acceptors (Lipinski definition) is 3. The van der Waals surface area contributed by atoms with Gasteiger partial charge in [-0.2, -0.15) is 0 Å². The predicted octanol–water partition coefficient (Wildman–Crippen LogP) is 1.75. The normalized spacial score (nSPS) is 19.6. The second-order valence-electron chi connectivity index (χ2n) is 2.54. The quantitative estimate of drug-likeness (QED) is 0.611. The van der Waals surface area contributed by atoms with Gasteiger partial charge in [0, 0.05) is 12.8 Å². The molecule has 0 N–H and O–H groups in total. The van der Waals surface area contributed by atoms with Crippen molar-refractivity contribution in [2.75, 3.05) is 13.2 Å². The summed E-state index contributed by atoms with van der Waals surface area (Å²) in [6, 6.07) is 0. The van der Waals surface area contributed by atoms with Crippen molar-refractivity contribution in [3.63, 3.8) is 0 Å². The lowest BCUT2D eigenvalue weighted by Gasteiger charge is -2.20. The maximum absolute atomic E-state index is 9.99. The van der Waals surface area contributed by atoms with Gasteiger partial charge in [-0.05, 0) is 6.92 Å². The minimum atomic E-state index is -0.485. The molecule has 0 aromatic rings. The first-order valence-electron chi connectivity index (χ1n) is 4.48. The summed E-state index contributed by atoms with van der Waals surface area (Å²) in [5.74, 6) is -0.485. The molecular formula is C9H18O3. The molecule has 1 saturated heterocycles. The van der Waals surface area contributed by atoms with Crippen molar-refractivity contribution in [1.82, 2.24) is 0 Å². The largest absolute Gasteiger partial charge is 0.348 e. The number of rotatable bonds is 3. The van der Waals surface area contributed by atoms with Gasteiger partial charge in [0.2, 0.25) is 0 Å². The fraction of sp³-hybridized carbons (Fsp3) is 0.889. The Morgan fingerprint density at radius 2 is 1.83 bits per heavy atom. The molecule has 0 saturated carbocycles. The second-order valence-corrected chi connectivity index (χ2v) is 2.54. The van der Waals surface area contributed by atoms with E-state index in [2.05, 4.69) is 0 Å². The zero-order valence-electron chi connectivity index (χ0n) is 8.13. The van der Waals surface area contributed by atoms with Gasteiger partial charge in [-0.25, -0.2) is 0 Å². The van der Waals surface area contributed by atoms with Crippen LogP contribution in [0.25, 0.3) is 0 Å². The molecule has 1 rings (SSSR count). The van der Waals surface area contributed by atoms with Crippen molar-refractivity contribution in [1.29, 1.82) is 0 Å². The lowest BCUT2D eigenvalue weighted by Crippen LogP contribution is -2.25. The van der Waals surface area contributed by atoms with Crippen molar-refractivity contribution in [3.8, 4) is 0 Å². The van der Waals surface area contributed by atoms with E-state index in [1.807, 2.05) is 20.8 Å². The van der Waals surface area contributed by atoms with Crippen molar-refractivity contribution in [2.45, 2.75) is 39.4 Å². The molecule has 0 spiro atoms. The van der Waals surface area contributed by atoms with Crippen LogP contribution in [-0.2, 0) is 14.3 Å². The van der Waals surface area contributed by atoms with Gasteiger partial charge < -0.3 is 14.3 Å². The summed E-state index contributed by atoms with van der Waals surface area (Å²) in [6.45, 7) is 7.16. The lowest BCUT2D eigenvalue weighted by molar-refractivity contribution is -0.149. The molecule has 0 aromatic carbocycles. The van der Waals surface area contributed by atoms with Gasteiger partial charge in [-0.3, -0.25) is 0 Å². The molecule has 1 aliphatic heterocycles. The van der Waals surface area contributed by atoms with Crippen LogP contribution in [0.5, 0.6) is 0 Å². The molecule has 1 heterocycles. The van der Waals surface area contributed by atoms with Gasteiger partial charge in [0.25, 0.3) is 0 Å². The average Bonchev–Trinajstić information content (AvgIpc) is 2.53. The summed E-state index contributed by atoms with van der Waals surface area (Å²) in [7, 11) is 0. The lowest BCUT2D eigenvalue weighted by atomic mass is 10.2. The van der Waals surface area contributed by atoms with Crippen LogP contribution in [0.4, 0.5) is 0 Å². The Labute approximate surface area is 74.0 Å². The number of aldehydes is 1. The van der Waals surface area contributed by atoms with Crippen LogP contribution in [-0.4, -0.2) is 25.3 Å². The molecule has 12 heavy (non-hydrogen) atoms. The third-order valence-electron chi connectivity index (χ3n) is 1.61. The topological polar surface area (TPSA) is 35.5 Å². The van der Waals surface area contributed by atoms with Crippen LogP contribution in [0, 0.1) is 0 Å². The van der Waals surface area contributed by atoms with E-state index in [9.17, 15) is 4.79 Å². The van der Waals surface area contributed by atoms with Crippen molar-refractivity contribution in [3.05, 3.63) is 0 Å². The SMILES string of the molecule is CC.CC1(CCC=O)OCCO1. The molecule has 72 valence electrons. The van der Waals surface area contributed by atoms with E-state index in [0.29, 0.717) is 26.1 Å². The molecule has 1 aliphatic rings. The standard InChI is InChI=1S/C7H12O3.C2H6/c1-7(3-2-4-8)9-5-6-10-7;1-2/h4H,2-3,5-6H2,1H3;1-2H3. The summed E-state index contributed by atoms with van der Waals surface area (Å²) >= 11 is 0. The van der Waals surface area contributed by atoms with E-state index >= 15 is 0 Å². The fourth-order valence-electron chi connectivity index (χ4n) is 1.02. The van der Waals surface area contributed by atoms with E-state index in [-0.39, 0.29) is 0 Å². The van der Waals surface area contributed by atoms with Gasteiger partial charge in [-0.1, -0.05) is 13.8 Å². The Balaban J connectivity index is 0.000000561. The zero-order valence-corrected chi connectivity index (χ0v) is 8.13. The molecule has 0 amide bonds. The monoisotopic (exact) mass is 174 g/mol. The third kappa shape index (κ3) is 3.83. The Kier molecular flexibility index (Phi) is 5.93. The van der Waals surface area contributed by atoms with Gasteiger partial charge in [0.15, 0.2) is 5.79 Å². The Hall–Kier alpha value is -0.410. The maximum atomic E-state index is 9.99. The Morgan fingerprint density at radius 1 is 1.33 bits per heavy atom. The molecule has 0 unspecified atom stereocenters. The highest BCUT2D eigenvalue weighted by Crippen LogP contribution is 2.22. The number of hydrogen-bond donors (Lipinski definition) is 0. The molecule has 0 atom stereocenters. The number of carbonyl (C=O) groups excluding carboxylic acids is 1. The van der Waals surface area contributed by atoms with Crippen LogP contribution in [0.1, 0.15) is 33.6 Å². The average molecular weight is 174 g/mol. The molecule has 3 nitrogen and oxygen atoms in total. The first-order valence-corrected chi connectivity index (χ1v) is 4.48. The first kappa shape index (κ1) is 11.6. The Bertz CT molecular complexity index is 117. The van der Waals surface area contributed by atoms with E-state index in [4.69, 9.17) is 9.47 Å². The molecule has 3 heteroatoms. The van der Waals surface area contributed by atoms with E-state index < -0.39 is 5.79 Å². The minimum Gasteiger partial charge on any atom is -0.348 e. The summed E-state index contributed by atoms with van der Waals surface area (Å²) < 4.78 is 10.5. The number of ether oxygens (including phenoxy) is 2. The second kappa shape index (κ2) is 6.14. The minimum absolute atomic E-state index is 0.485. The summed E-state index contributed by atoms with van der Waals surface area (Å²) in [5, 5.41) is 0. The van der Waals surface area contributed by atoms with Gasteiger partial charge in [-0.15, -0.1) is 0 Å². The summed E-state index contributed by atoms with van der Waals surface area (Å²) in [4.78, 5) is 9.99. The van der Waals surface area contributed by atoms with Crippen LogP contribution in [0.15, 0.2) is 0 Å². The van der Waals surface area contributed by atoms with Crippen molar-refractivity contribution in [2.24, 2.45) is 0 Å². The number of carbonyl (C=O) groups is 1. The highest BCUT2D eigenvalue weighted by Gasteiger charge is 2.29. The van der Waals surface area contributed by atoms with Crippen molar-refractivity contribution >= 4 is 6.29 Å². The van der Waals surface area contributed by atoms with E-state index in [1.54, 1.807) is 0 Å². The molecule has 0 aromatic heterocycles. The zero-order chi connectivity index (χ0) is 9.45. The molecule has 0 bridgehead atoms. The van der Waals surface area contributed by atoms with Gasteiger partial charge in [0.05, 0.1) is 13.2 Å². The summed E-state index contributed by atoms with van der Waals surface area (Å²) in [6.07, 6.45) is 2.06. The summed E-state index contributed by atoms with van der Waals surface area (Å²) in [5.41, 5.74) is 0. The highest BCUT2D eigenvalue weighted by atomic mass is 16.7. The molecular weight excluding hydrogens is 156 g/mol. The van der Waals surface area contributed by atoms with Gasteiger partial charge >= 0.3 is 0 Å². The predicted molar refractivity (Wildman–Crippen MR) is 47.0 cm³/mol. The first-order chi connectivity index (χ1) is 5.77. The Morgan fingerprint density at radius 3 is 2.25 bits per heavy atom. The smallest absolute Gasteiger partial charge is 0.166 e. The van der Waals surface area contributed by atoms with Crippen LogP contribution < -0.4 is 0 Å². The van der Waals surface area contributed by atoms with Crippen LogP contribution >= 0.6 is 0 Å². The third-order valence-corrected chi connectivity index (χ3v) is 1.61. The molecule has 0 radical (unpaired) electrons. The van der Waals surface area contributed by atoms with Gasteiger partial charge in [0.1, 0.15) is 6.29 Å². The molecule has 1 fully saturated rings. The highest BCUT2D eigenvalue weighted by molar-refractivity contribution is 5.49. The maximum Gasteiger partial charge on any atom is 0.166 e. The molecule has 0 aliphatic carbocycles.